The van der Waals surface area contributed by atoms with Crippen molar-refractivity contribution in [2.45, 2.75) is 19.3 Å². The highest BCUT2D eigenvalue weighted by molar-refractivity contribution is 6.24. The number of imide groups is 1. The Morgan fingerprint density at radius 3 is 2.48 bits per heavy atom. The van der Waals surface area contributed by atoms with Gasteiger partial charge in [-0.3, -0.25) is 9.59 Å². The van der Waals surface area contributed by atoms with E-state index >= 15 is 0 Å². The Bertz CT molecular complexity index is 1010. The minimum absolute atomic E-state index is 0.0713. The van der Waals surface area contributed by atoms with E-state index in [4.69, 9.17) is 0 Å². The molecule has 4 heteroatoms. The van der Waals surface area contributed by atoms with Gasteiger partial charge in [-0.1, -0.05) is 43.3 Å². The average molecular weight is 330 g/mol. The summed E-state index contributed by atoms with van der Waals surface area (Å²) in [6.45, 7) is 2.09. The quantitative estimate of drug-likeness (QED) is 0.693. The monoisotopic (exact) mass is 330 g/mol. The molecule has 2 aliphatic rings. The fraction of sp³-hybridized carbons (Fsp3) is 0.238. The van der Waals surface area contributed by atoms with Gasteiger partial charge in [-0.25, -0.2) is 4.90 Å². The lowest BCUT2D eigenvalue weighted by Gasteiger charge is -2.28. The molecule has 1 saturated heterocycles. The molecule has 0 radical (unpaired) electrons. The van der Waals surface area contributed by atoms with E-state index in [1.54, 1.807) is 0 Å². The van der Waals surface area contributed by atoms with Crippen molar-refractivity contribution < 1.29 is 9.59 Å². The number of amides is 2. The largest absolute Gasteiger partial charge is 0.357 e. The molecular formula is C21H18N2O2. The molecular weight excluding hydrogens is 312 g/mol. The maximum atomic E-state index is 13.2. The molecule has 2 amide bonds. The molecule has 5 rings (SSSR count). The first kappa shape index (κ1) is 14.5. The second-order valence-corrected chi connectivity index (χ2v) is 7.10. The molecule has 0 saturated carbocycles. The smallest absolute Gasteiger partial charge is 0.243 e. The molecule has 3 aromatic rings. The summed E-state index contributed by atoms with van der Waals surface area (Å²) in [5.74, 6) is -0.729. The van der Waals surface area contributed by atoms with Crippen molar-refractivity contribution in [2.75, 3.05) is 4.90 Å². The van der Waals surface area contributed by atoms with Gasteiger partial charge in [0, 0.05) is 16.6 Å². The molecule has 0 spiro atoms. The average Bonchev–Trinajstić information content (AvgIpc) is 3.12. The highest BCUT2D eigenvalue weighted by Crippen LogP contribution is 2.48. The van der Waals surface area contributed by atoms with Gasteiger partial charge in [-0.15, -0.1) is 0 Å². The Labute approximate surface area is 145 Å². The third-order valence-corrected chi connectivity index (χ3v) is 5.66. The summed E-state index contributed by atoms with van der Waals surface area (Å²) in [7, 11) is 0. The summed E-state index contributed by atoms with van der Waals surface area (Å²) < 4.78 is 0. The lowest BCUT2D eigenvalue weighted by molar-refractivity contribution is -0.122. The molecule has 1 aliphatic heterocycles. The highest BCUT2D eigenvalue weighted by Gasteiger charge is 2.54. The van der Waals surface area contributed by atoms with Crippen molar-refractivity contribution in [2.24, 2.45) is 11.8 Å². The lowest BCUT2D eigenvalue weighted by atomic mass is 9.73. The van der Waals surface area contributed by atoms with Crippen LogP contribution in [-0.4, -0.2) is 16.8 Å². The van der Waals surface area contributed by atoms with Crippen LogP contribution < -0.4 is 4.90 Å². The van der Waals surface area contributed by atoms with Crippen LogP contribution in [0.3, 0.4) is 0 Å². The number of carbonyl (C=O) groups is 2. The van der Waals surface area contributed by atoms with E-state index in [1.165, 1.54) is 15.8 Å². The Morgan fingerprint density at radius 1 is 0.960 bits per heavy atom. The molecule has 4 nitrogen and oxygen atoms in total. The third kappa shape index (κ3) is 1.88. The van der Waals surface area contributed by atoms with Gasteiger partial charge in [0.15, 0.2) is 0 Å². The number of hydrogen-bond acceptors (Lipinski definition) is 2. The first-order valence-electron chi connectivity index (χ1n) is 8.69. The third-order valence-electron chi connectivity index (χ3n) is 5.66. The van der Waals surface area contributed by atoms with Gasteiger partial charge in [0.2, 0.25) is 11.8 Å². The maximum Gasteiger partial charge on any atom is 0.243 e. The van der Waals surface area contributed by atoms with Gasteiger partial charge in [0.1, 0.15) is 0 Å². The number of para-hydroxylation sites is 2. The molecule has 1 N–H and O–H groups in total. The van der Waals surface area contributed by atoms with Crippen LogP contribution in [0, 0.1) is 11.8 Å². The van der Waals surface area contributed by atoms with E-state index in [9.17, 15) is 9.59 Å². The molecule has 2 heterocycles. The van der Waals surface area contributed by atoms with E-state index < -0.39 is 5.92 Å². The van der Waals surface area contributed by atoms with Crippen LogP contribution in [0.2, 0.25) is 0 Å². The van der Waals surface area contributed by atoms with Crippen LogP contribution in [0.1, 0.15) is 24.1 Å². The van der Waals surface area contributed by atoms with E-state index in [0.29, 0.717) is 5.69 Å². The van der Waals surface area contributed by atoms with Crippen LogP contribution in [0.4, 0.5) is 5.69 Å². The number of aromatic amines is 1. The number of nitrogens with zero attached hydrogens (tertiary/aromatic N) is 1. The number of carbonyl (C=O) groups excluding carboxylic acids is 2. The zero-order chi connectivity index (χ0) is 17.1. The van der Waals surface area contributed by atoms with Gasteiger partial charge in [-0.2, -0.15) is 0 Å². The number of benzene rings is 2. The van der Waals surface area contributed by atoms with Crippen molar-refractivity contribution >= 4 is 28.4 Å². The molecule has 25 heavy (non-hydrogen) atoms. The molecule has 124 valence electrons. The maximum absolute atomic E-state index is 13.2. The Balaban J connectivity index is 1.69. The molecule has 1 aliphatic carbocycles. The van der Waals surface area contributed by atoms with E-state index in [-0.39, 0.29) is 23.7 Å². The lowest BCUT2D eigenvalue weighted by Crippen LogP contribution is -2.32. The standard InChI is InChI=1S/C21H18N2O2/c1-12-11-15-14-9-5-6-10-16(14)22-19(15)18-17(12)20(24)23(21(18)25)13-7-3-2-4-8-13/h2-10,12,17-18,22H,11H2,1H3/t12-,17-,18-/m1/s1. The van der Waals surface area contributed by atoms with Crippen molar-refractivity contribution in [3.63, 3.8) is 0 Å². The summed E-state index contributed by atoms with van der Waals surface area (Å²) in [6, 6.07) is 17.4. The predicted octanol–water partition coefficient (Wildman–Crippen LogP) is 3.63. The topological polar surface area (TPSA) is 53.2 Å². The number of fused-ring (bicyclic) bond motifs is 5. The van der Waals surface area contributed by atoms with E-state index in [0.717, 1.165) is 17.6 Å². The predicted molar refractivity (Wildman–Crippen MR) is 96.3 cm³/mol. The number of hydrogen-bond donors (Lipinski definition) is 1. The van der Waals surface area contributed by atoms with Crippen LogP contribution >= 0.6 is 0 Å². The summed E-state index contributed by atoms with van der Waals surface area (Å²) in [5, 5.41) is 1.17. The van der Waals surface area contributed by atoms with Gasteiger partial charge in [0.05, 0.1) is 17.5 Å². The zero-order valence-electron chi connectivity index (χ0n) is 13.9. The Kier molecular flexibility index (Phi) is 2.93. The van der Waals surface area contributed by atoms with Crippen LogP contribution in [-0.2, 0) is 16.0 Å². The second-order valence-electron chi connectivity index (χ2n) is 7.10. The molecule has 1 fully saturated rings. The van der Waals surface area contributed by atoms with Crippen molar-refractivity contribution in [3.05, 3.63) is 65.9 Å². The van der Waals surface area contributed by atoms with Gasteiger partial charge in [-0.05, 0) is 36.1 Å². The van der Waals surface area contributed by atoms with Crippen molar-refractivity contribution in [3.8, 4) is 0 Å². The van der Waals surface area contributed by atoms with Crippen LogP contribution in [0.15, 0.2) is 54.6 Å². The molecule has 0 bridgehead atoms. The van der Waals surface area contributed by atoms with Crippen molar-refractivity contribution in [1.82, 2.24) is 4.98 Å². The first-order valence-corrected chi connectivity index (χ1v) is 8.69. The zero-order valence-corrected chi connectivity index (χ0v) is 13.9. The number of nitrogens with one attached hydrogen (secondary N) is 1. The van der Waals surface area contributed by atoms with Crippen molar-refractivity contribution in [1.29, 1.82) is 0 Å². The Hall–Kier alpha value is -2.88. The summed E-state index contributed by atoms with van der Waals surface area (Å²) >= 11 is 0. The van der Waals surface area contributed by atoms with Gasteiger partial charge in [0.25, 0.3) is 0 Å². The van der Waals surface area contributed by atoms with E-state index in [1.807, 2.05) is 48.5 Å². The summed E-state index contributed by atoms with van der Waals surface area (Å²) in [4.78, 5) is 31.1. The van der Waals surface area contributed by atoms with Gasteiger partial charge >= 0.3 is 0 Å². The Morgan fingerprint density at radius 2 is 1.68 bits per heavy atom. The normalized spacial score (nSPS) is 25.3. The van der Waals surface area contributed by atoms with E-state index in [2.05, 4.69) is 18.0 Å². The number of H-pyrrole nitrogens is 1. The fourth-order valence-electron chi connectivity index (χ4n) is 4.55. The molecule has 1 aromatic heterocycles. The van der Waals surface area contributed by atoms with Gasteiger partial charge < -0.3 is 4.98 Å². The summed E-state index contributed by atoms with van der Waals surface area (Å²) in [6.07, 6.45) is 0.822. The minimum atomic E-state index is -0.404. The number of anilines is 1. The van der Waals surface area contributed by atoms with Crippen LogP contribution in [0.5, 0.6) is 0 Å². The minimum Gasteiger partial charge on any atom is -0.357 e. The first-order chi connectivity index (χ1) is 12.2. The number of rotatable bonds is 1. The molecule has 0 unspecified atom stereocenters. The number of aromatic nitrogens is 1. The molecule has 3 atom stereocenters. The second kappa shape index (κ2) is 5.06. The highest BCUT2D eigenvalue weighted by atomic mass is 16.2. The molecule has 2 aromatic carbocycles. The fourth-order valence-corrected chi connectivity index (χ4v) is 4.55. The SMILES string of the molecule is C[C@@H]1Cc2c([nH]c3ccccc23)[C@@H]2C(=O)N(c3ccccc3)C(=O)[C@H]12. The van der Waals surface area contributed by atoms with Crippen LogP contribution in [0.25, 0.3) is 10.9 Å². The summed E-state index contributed by atoms with van der Waals surface area (Å²) in [5.41, 5.74) is 3.83.